The van der Waals surface area contributed by atoms with E-state index in [1.165, 1.54) is 0 Å². The second-order valence-corrected chi connectivity index (χ2v) is 9.75. The lowest BCUT2D eigenvalue weighted by molar-refractivity contribution is -0.0166. The molecule has 4 rings (SSSR count). The largest absolute Gasteiger partial charge is 0.359 e. The van der Waals surface area contributed by atoms with Crippen LogP contribution in [0.5, 0.6) is 0 Å². The van der Waals surface area contributed by atoms with E-state index in [2.05, 4.69) is 43.2 Å². The molecule has 3 aromatic carbocycles. The Morgan fingerprint density at radius 1 is 1.00 bits per heavy atom. The summed E-state index contributed by atoms with van der Waals surface area (Å²) in [6, 6.07) is 21.2. The smallest absolute Gasteiger partial charge is 0.324 e. The van der Waals surface area contributed by atoms with Crippen LogP contribution < -0.4 is 10.6 Å². The van der Waals surface area contributed by atoms with Crippen molar-refractivity contribution in [3.05, 3.63) is 83.6 Å². The van der Waals surface area contributed by atoms with E-state index in [1.54, 1.807) is 11.8 Å². The second-order valence-electron chi connectivity index (χ2n) is 9.75. The molecule has 1 heterocycles. The molecule has 0 aliphatic rings. The molecule has 7 heteroatoms. The summed E-state index contributed by atoms with van der Waals surface area (Å²) < 4.78 is 11.9. The molecule has 1 aromatic heterocycles. The van der Waals surface area contributed by atoms with Crippen LogP contribution in [0.3, 0.4) is 0 Å². The van der Waals surface area contributed by atoms with Gasteiger partial charge in [0.15, 0.2) is 0 Å². The standard InChI is InChI=1S/C30H32N4O3/c1-21-12-15-23(16-13-21)34-28(19-27(33-34)30(2,3)4)32-29(35)31-26-17-14-22(9-8-18-37-20-36-5)24-10-6-7-11-25(24)26/h6-7,10-17,19H,18,20H2,1-5H3,(H2,31,32,35). The zero-order valence-electron chi connectivity index (χ0n) is 21.9. The molecule has 2 amide bonds. The summed E-state index contributed by atoms with van der Waals surface area (Å²) in [5, 5.41) is 12.6. The average Bonchev–Trinajstić information content (AvgIpc) is 3.29. The molecular formula is C30H32N4O3. The zero-order valence-corrected chi connectivity index (χ0v) is 21.9. The summed E-state index contributed by atoms with van der Waals surface area (Å²) in [5.41, 5.74) is 4.28. The number of hydrogen-bond acceptors (Lipinski definition) is 4. The molecule has 0 aliphatic carbocycles. The molecule has 0 unspecified atom stereocenters. The Kier molecular flexibility index (Phi) is 7.92. The molecule has 7 nitrogen and oxygen atoms in total. The number of carbonyl (C=O) groups excluding carboxylic acids is 1. The first kappa shape index (κ1) is 26.0. The molecule has 190 valence electrons. The van der Waals surface area contributed by atoms with Gasteiger partial charge in [0.1, 0.15) is 19.2 Å². The van der Waals surface area contributed by atoms with Gasteiger partial charge in [0.2, 0.25) is 0 Å². The number of urea groups is 1. The highest BCUT2D eigenvalue weighted by atomic mass is 16.7. The Labute approximate surface area is 217 Å². The second kappa shape index (κ2) is 11.3. The number of aromatic nitrogens is 2. The van der Waals surface area contributed by atoms with E-state index < -0.39 is 0 Å². The maximum atomic E-state index is 13.2. The number of nitrogens with zero attached hydrogens (tertiary/aromatic N) is 2. The van der Waals surface area contributed by atoms with Gasteiger partial charge in [0.05, 0.1) is 17.1 Å². The minimum Gasteiger partial charge on any atom is -0.359 e. The SMILES string of the molecule is COCOCC#Cc1ccc(NC(=O)Nc2cc(C(C)(C)C)nn2-c2ccc(C)cc2)c2ccccc12. The van der Waals surface area contributed by atoms with Crippen molar-refractivity contribution < 1.29 is 14.3 Å². The van der Waals surface area contributed by atoms with Gasteiger partial charge in [-0.1, -0.05) is 74.6 Å². The van der Waals surface area contributed by atoms with Gasteiger partial charge in [0.25, 0.3) is 0 Å². The van der Waals surface area contributed by atoms with Gasteiger partial charge >= 0.3 is 6.03 Å². The number of amides is 2. The Hall–Kier alpha value is -4.12. The maximum Gasteiger partial charge on any atom is 0.324 e. The van der Waals surface area contributed by atoms with Crippen LogP contribution in [-0.4, -0.2) is 36.3 Å². The number of nitrogens with one attached hydrogen (secondary N) is 2. The number of aryl methyl sites for hydroxylation is 1. The van der Waals surface area contributed by atoms with Gasteiger partial charge in [-0.15, -0.1) is 0 Å². The summed E-state index contributed by atoms with van der Waals surface area (Å²) in [6.07, 6.45) is 0. The molecule has 0 aliphatic heterocycles. The Bertz CT molecular complexity index is 1450. The third-order valence-corrected chi connectivity index (χ3v) is 5.77. The molecule has 0 saturated carbocycles. The lowest BCUT2D eigenvalue weighted by Gasteiger charge is -2.14. The van der Waals surface area contributed by atoms with Gasteiger partial charge in [-0.3, -0.25) is 5.32 Å². The Morgan fingerprint density at radius 2 is 1.73 bits per heavy atom. The lowest BCUT2D eigenvalue weighted by Crippen LogP contribution is -2.21. The third kappa shape index (κ3) is 6.36. The van der Waals surface area contributed by atoms with Crippen LogP contribution in [0, 0.1) is 18.8 Å². The minimum absolute atomic E-state index is 0.176. The third-order valence-electron chi connectivity index (χ3n) is 5.77. The van der Waals surface area contributed by atoms with E-state index in [4.69, 9.17) is 14.6 Å². The fourth-order valence-corrected chi connectivity index (χ4v) is 3.81. The summed E-state index contributed by atoms with van der Waals surface area (Å²) in [6.45, 7) is 8.80. The van der Waals surface area contributed by atoms with Crippen LogP contribution >= 0.6 is 0 Å². The van der Waals surface area contributed by atoms with Gasteiger partial charge in [-0.25, -0.2) is 9.48 Å². The fourth-order valence-electron chi connectivity index (χ4n) is 3.81. The summed E-state index contributed by atoms with van der Waals surface area (Å²) in [7, 11) is 1.57. The Morgan fingerprint density at radius 3 is 2.43 bits per heavy atom. The van der Waals surface area contributed by atoms with Gasteiger partial charge in [-0.05, 0) is 36.6 Å². The normalized spacial score (nSPS) is 11.2. The van der Waals surface area contributed by atoms with Crippen LogP contribution in [0.4, 0.5) is 16.3 Å². The van der Waals surface area contributed by atoms with Crippen LogP contribution in [0.1, 0.15) is 37.6 Å². The number of anilines is 2. The van der Waals surface area contributed by atoms with Crippen LogP contribution in [0.25, 0.3) is 16.5 Å². The molecule has 2 N–H and O–H groups in total. The quantitative estimate of drug-likeness (QED) is 0.188. The minimum atomic E-state index is -0.356. The van der Waals surface area contributed by atoms with E-state index in [0.717, 1.165) is 33.3 Å². The van der Waals surface area contributed by atoms with Crippen molar-refractivity contribution in [1.29, 1.82) is 0 Å². The van der Waals surface area contributed by atoms with Crippen molar-refractivity contribution in [2.24, 2.45) is 0 Å². The molecule has 0 saturated heterocycles. The molecular weight excluding hydrogens is 464 g/mol. The number of fused-ring (bicyclic) bond motifs is 1. The lowest BCUT2D eigenvalue weighted by atomic mass is 9.92. The van der Waals surface area contributed by atoms with E-state index in [0.29, 0.717) is 11.5 Å². The van der Waals surface area contributed by atoms with Crippen molar-refractivity contribution in [2.45, 2.75) is 33.1 Å². The summed E-state index contributed by atoms with van der Waals surface area (Å²) in [4.78, 5) is 13.2. The number of benzene rings is 3. The maximum absolute atomic E-state index is 13.2. The molecule has 4 aromatic rings. The number of ether oxygens (including phenoxy) is 2. The van der Waals surface area contributed by atoms with E-state index in [-0.39, 0.29) is 24.8 Å². The summed E-state index contributed by atoms with van der Waals surface area (Å²) >= 11 is 0. The molecule has 0 spiro atoms. The van der Waals surface area contributed by atoms with Crippen molar-refractivity contribution in [3.8, 4) is 17.5 Å². The Balaban J connectivity index is 1.59. The zero-order chi connectivity index (χ0) is 26.4. The molecule has 0 radical (unpaired) electrons. The van der Waals surface area contributed by atoms with Crippen LogP contribution in [0.15, 0.2) is 66.7 Å². The van der Waals surface area contributed by atoms with E-state index in [9.17, 15) is 4.79 Å². The van der Waals surface area contributed by atoms with E-state index >= 15 is 0 Å². The van der Waals surface area contributed by atoms with Gasteiger partial charge in [-0.2, -0.15) is 5.10 Å². The highest BCUT2D eigenvalue weighted by molar-refractivity contribution is 6.07. The monoisotopic (exact) mass is 496 g/mol. The van der Waals surface area contributed by atoms with Crippen molar-refractivity contribution >= 4 is 28.3 Å². The van der Waals surface area contributed by atoms with Crippen LogP contribution in [-0.2, 0) is 14.9 Å². The first-order valence-corrected chi connectivity index (χ1v) is 12.1. The number of methoxy groups -OCH3 is 1. The van der Waals surface area contributed by atoms with Gasteiger partial charge < -0.3 is 14.8 Å². The molecule has 0 fully saturated rings. The fraction of sp³-hybridized carbons (Fsp3) is 0.267. The number of carbonyl (C=O) groups is 1. The van der Waals surface area contributed by atoms with Crippen molar-refractivity contribution in [2.75, 3.05) is 31.1 Å². The number of hydrogen-bond donors (Lipinski definition) is 2. The highest BCUT2D eigenvalue weighted by Gasteiger charge is 2.21. The topological polar surface area (TPSA) is 77.4 Å². The predicted octanol–water partition coefficient (Wildman–Crippen LogP) is 6.25. The molecule has 0 bridgehead atoms. The van der Waals surface area contributed by atoms with Gasteiger partial charge in [0, 0.05) is 29.5 Å². The first-order chi connectivity index (χ1) is 17.8. The van der Waals surface area contributed by atoms with Crippen LogP contribution in [0.2, 0.25) is 0 Å². The summed E-state index contributed by atoms with van der Waals surface area (Å²) in [5.74, 6) is 6.73. The van der Waals surface area contributed by atoms with E-state index in [1.807, 2.05) is 73.7 Å². The average molecular weight is 497 g/mol. The first-order valence-electron chi connectivity index (χ1n) is 12.1. The van der Waals surface area contributed by atoms with Crippen molar-refractivity contribution in [3.63, 3.8) is 0 Å². The van der Waals surface area contributed by atoms with Crippen molar-refractivity contribution in [1.82, 2.24) is 9.78 Å². The molecule has 37 heavy (non-hydrogen) atoms. The number of rotatable bonds is 6. The molecule has 0 atom stereocenters. The predicted molar refractivity (Wildman–Crippen MR) is 148 cm³/mol. The highest BCUT2D eigenvalue weighted by Crippen LogP contribution is 2.28.